The number of fused-ring (bicyclic) bond motifs is 1. The van der Waals surface area contributed by atoms with Crippen LogP contribution in [0.3, 0.4) is 0 Å². The first kappa shape index (κ1) is 20.5. The zero-order valence-electron chi connectivity index (χ0n) is 16.3. The van der Waals surface area contributed by atoms with Crippen LogP contribution < -0.4 is 10.2 Å². The largest absolute Gasteiger partial charge is 0.350 e. The quantitative estimate of drug-likeness (QED) is 0.596. The van der Waals surface area contributed by atoms with Crippen molar-refractivity contribution in [2.45, 2.75) is 23.1 Å². The van der Waals surface area contributed by atoms with Crippen LogP contribution in [0, 0.1) is 0 Å². The first-order chi connectivity index (χ1) is 14.6. The molecule has 0 aliphatic carbocycles. The summed E-state index contributed by atoms with van der Waals surface area (Å²) in [6, 6.07) is 25.2. The van der Waals surface area contributed by atoms with E-state index in [-0.39, 0.29) is 23.6 Å². The topological polar surface area (TPSA) is 49.4 Å². The third-order valence-electron chi connectivity index (χ3n) is 4.99. The molecule has 3 aromatic rings. The highest BCUT2D eigenvalue weighted by molar-refractivity contribution is 7.99. The van der Waals surface area contributed by atoms with Crippen LogP contribution in [-0.2, 0) is 16.1 Å². The molecule has 0 fully saturated rings. The molecule has 1 heterocycles. The molecule has 4 nitrogen and oxygen atoms in total. The minimum atomic E-state index is -0.221. The average Bonchev–Trinajstić information content (AvgIpc) is 2.90. The van der Waals surface area contributed by atoms with Crippen LogP contribution in [0.2, 0.25) is 5.02 Å². The number of amides is 2. The molecule has 1 aliphatic heterocycles. The fraction of sp³-hybridized carbons (Fsp3) is 0.167. The molecule has 4 rings (SSSR count). The first-order valence-electron chi connectivity index (χ1n) is 9.73. The van der Waals surface area contributed by atoms with Crippen LogP contribution in [0.4, 0.5) is 5.69 Å². The van der Waals surface area contributed by atoms with E-state index in [4.69, 9.17) is 11.6 Å². The van der Waals surface area contributed by atoms with Crippen molar-refractivity contribution in [2.75, 3.05) is 11.4 Å². The number of rotatable bonds is 5. The van der Waals surface area contributed by atoms with E-state index in [1.807, 2.05) is 72.8 Å². The van der Waals surface area contributed by atoms with Gasteiger partial charge in [-0.15, -0.1) is 11.8 Å². The van der Waals surface area contributed by atoms with E-state index in [2.05, 4.69) is 5.32 Å². The molecule has 0 aromatic heterocycles. The van der Waals surface area contributed by atoms with Crippen molar-refractivity contribution in [3.63, 3.8) is 0 Å². The molecule has 0 bridgehead atoms. The molecule has 152 valence electrons. The molecular weight excluding hydrogens is 416 g/mol. The Morgan fingerprint density at radius 1 is 1.00 bits per heavy atom. The summed E-state index contributed by atoms with van der Waals surface area (Å²) < 4.78 is 0. The Bertz CT molecular complexity index is 1060. The Morgan fingerprint density at radius 3 is 2.50 bits per heavy atom. The van der Waals surface area contributed by atoms with Gasteiger partial charge < -0.3 is 10.2 Å². The van der Waals surface area contributed by atoms with Crippen LogP contribution in [0.25, 0.3) is 0 Å². The highest BCUT2D eigenvalue weighted by Crippen LogP contribution is 2.45. The zero-order chi connectivity index (χ0) is 20.9. The minimum Gasteiger partial charge on any atom is -0.350 e. The molecule has 30 heavy (non-hydrogen) atoms. The van der Waals surface area contributed by atoms with Gasteiger partial charge in [-0.3, -0.25) is 9.59 Å². The molecule has 6 heteroatoms. The molecule has 1 unspecified atom stereocenters. The molecule has 0 saturated heterocycles. The van der Waals surface area contributed by atoms with Crippen molar-refractivity contribution >= 4 is 40.9 Å². The number of hydrogen-bond donors (Lipinski definition) is 1. The number of anilines is 1. The molecular formula is C24H21ClN2O2S. The van der Waals surface area contributed by atoms with Crippen LogP contribution >= 0.6 is 23.4 Å². The maximum absolute atomic E-state index is 13.1. The standard InChI is InChI=1S/C24H21ClN2O2S/c25-19-11-5-4-10-18(19)15-26-23(28)16-27-20-12-6-7-13-21(20)30-22(14-24(27)29)17-8-2-1-3-9-17/h1-13,22H,14-16H2,(H,26,28). The van der Waals surface area contributed by atoms with Crippen molar-refractivity contribution in [2.24, 2.45) is 0 Å². The van der Waals surface area contributed by atoms with Gasteiger partial charge in [-0.1, -0.05) is 72.3 Å². The number of carbonyl (C=O) groups excluding carboxylic acids is 2. The summed E-state index contributed by atoms with van der Waals surface area (Å²) in [4.78, 5) is 28.4. The van der Waals surface area contributed by atoms with Gasteiger partial charge in [-0.05, 0) is 29.3 Å². The minimum absolute atomic E-state index is 0.0102. The highest BCUT2D eigenvalue weighted by atomic mass is 35.5. The highest BCUT2D eigenvalue weighted by Gasteiger charge is 2.30. The van der Waals surface area contributed by atoms with E-state index < -0.39 is 0 Å². The second-order valence-corrected chi connectivity index (χ2v) is 8.69. The van der Waals surface area contributed by atoms with E-state index in [1.165, 1.54) is 0 Å². The molecule has 0 radical (unpaired) electrons. The summed E-state index contributed by atoms with van der Waals surface area (Å²) in [5.74, 6) is -0.282. The van der Waals surface area contributed by atoms with Gasteiger partial charge in [0.25, 0.3) is 0 Å². The zero-order valence-corrected chi connectivity index (χ0v) is 17.8. The lowest BCUT2D eigenvalue weighted by atomic mass is 10.1. The molecule has 2 amide bonds. The SMILES string of the molecule is O=C(CN1C(=O)CC(c2ccccc2)Sc2ccccc21)NCc1ccccc1Cl. The number of halogens is 1. The fourth-order valence-electron chi connectivity index (χ4n) is 3.44. The number of nitrogens with zero attached hydrogens (tertiary/aromatic N) is 1. The van der Waals surface area contributed by atoms with Gasteiger partial charge in [0.15, 0.2) is 0 Å². The van der Waals surface area contributed by atoms with Gasteiger partial charge in [0.2, 0.25) is 11.8 Å². The Labute approximate surface area is 185 Å². The van der Waals surface area contributed by atoms with Gasteiger partial charge in [0.1, 0.15) is 6.54 Å². The molecule has 0 spiro atoms. The summed E-state index contributed by atoms with van der Waals surface area (Å²) in [6.45, 7) is 0.298. The first-order valence-corrected chi connectivity index (χ1v) is 11.0. The third-order valence-corrected chi connectivity index (χ3v) is 6.68. The van der Waals surface area contributed by atoms with E-state index in [0.29, 0.717) is 18.0 Å². The second-order valence-electron chi connectivity index (χ2n) is 7.04. The number of carbonyl (C=O) groups is 2. The second kappa shape index (κ2) is 9.37. The third kappa shape index (κ3) is 4.69. The number of para-hydroxylation sites is 1. The van der Waals surface area contributed by atoms with Crippen LogP contribution in [0.1, 0.15) is 22.8 Å². The van der Waals surface area contributed by atoms with Crippen molar-refractivity contribution in [3.8, 4) is 0 Å². The van der Waals surface area contributed by atoms with Gasteiger partial charge in [0, 0.05) is 28.1 Å². The number of benzene rings is 3. The summed E-state index contributed by atoms with van der Waals surface area (Å²) in [5.41, 5.74) is 2.73. The van der Waals surface area contributed by atoms with Crippen molar-refractivity contribution in [1.29, 1.82) is 0 Å². The van der Waals surface area contributed by atoms with Crippen molar-refractivity contribution in [3.05, 3.63) is 95.0 Å². The van der Waals surface area contributed by atoms with E-state index in [9.17, 15) is 9.59 Å². The van der Waals surface area contributed by atoms with Crippen LogP contribution in [-0.4, -0.2) is 18.4 Å². The van der Waals surface area contributed by atoms with Crippen LogP contribution in [0.15, 0.2) is 83.8 Å². The molecule has 3 aromatic carbocycles. The van der Waals surface area contributed by atoms with Gasteiger partial charge in [-0.2, -0.15) is 0 Å². The fourth-order valence-corrected chi connectivity index (χ4v) is 4.92. The summed E-state index contributed by atoms with van der Waals surface area (Å²) in [6.07, 6.45) is 0.334. The maximum Gasteiger partial charge on any atom is 0.240 e. The Morgan fingerprint density at radius 2 is 1.70 bits per heavy atom. The summed E-state index contributed by atoms with van der Waals surface area (Å²) in [5, 5.41) is 3.50. The predicted octanol–water partition coefficient (Wildman–Crippen LogP) is 5.23. The number of hydrogen-bond acceptors (Lipinski definition) is 3. The lowest BCUT2D eigenvalue weighted by molar-refractivity contribution is -0.124. The lowest BCUT2D eigenvalue weighted by Gasteiger charge is -2.22. The molecule has 1 aliphatic rings. The van der Waals surface area contributed by atoms with E-state index in [0.717, 1.165) is 21.7 Å². The van der Waals surface area contributed by atoms with E-state index in [1.54, 1.807) is 22.7 Å². The smallest absolute Gasteiger partial charge is 0.240 e. The van der Waals surface area contributed by atoms with Crippen molar-refractivity contribution in [1.82, 2.24) is 5.32 Å². The Hall–Kier alpha value is -2.76. The van der Waals surface area contributed by atoms with Gasteiger partial charge >= 0.3 is 0 Å². The van der Waals surface area contributed by atoms with E-state index >= 15 is 0 Å². The molecule has 1 N–H and O–H groups in total. The lowest BCUT2D eigenvalue weighted by Crippen LogP contribution is -2.40. The molecule has 0 saturated carbocycles. The average molecular weight is 437 g/mol. The maximum atomic E-state index is 13.1. The predicted molar refractivity (Wildman–Crippen MR) is 122 cm³/mol. The monoisotopic (exact) mass is 436 g/mol. The van der Waals surface area contributed by atoms with Crippen molar-refractivity contribution < 1.29 is 9.59 Å². The Kier molecular flexibility index (Phi) is 6.41. The number of thioether (sulfide) groups is 1. The normalized spacial score (nSPS) is 16.0. The summed E-state index contributed by atoms with van der Waals surface area (Å²) >= 11 is 7.83. The molecule has 1 atom stereocenters. The van der Waals surface area contributed by atoms with Gasteiger partial charge in [0.05, 0.1) is 5.69 Å². The number of nitrogens with one attached hydrogen (secondary N) is 1. The Balaban J connectivity index is 1.52. The summed E-state index contributed by atoms with van der Waals surface area (Å²) in [7, 11) is 0. The van der Waals surface area contributed by atoms with Gasteiger partial charge in [-0.25, -0.2) is 0 Å². The van der Waals surface area contributed by atoms with Crippen LogP contribution in [0.5, 0.6) is 0 Å².